The number of carbonyl (C=O) groups is 1. The van der Waals surface area contributed by atoms with Crippen LogP contribution >= 0.6 is 0 Å². The van der Waals surface area contributed by atoms with Crippen molar-refractivity contribution in [3.63, 3.8) is 0 Å². The Morgan fingerprint density at radius 1 is 1.18 bits per heavy atom. The van der Waals surface area contributed by atoms with E-state index in [4.69, 9.17) is 0 Å². The third kappa shape index (κ3) is 3.96. The van der Waals surface area contributed by atoms with Gasteiger partial charge in [-0.2, -0.15) is 13.2 Å². The fourth-order valence-electron chi connectivity index (χ4n) is 2.22. The highest BCUT2D eigenvalue weighted by atomic mass is 32.2. The number of anilines is 1. The maximum Gasteiger partial charge on any atom is 0.419 e. The molecular weight excluding hydrogens is 326 g/mol. The van der Waals surface area contributed by atoms with Gasteiger partial charge in [-0.3, -0.25) is 4.79 Å². The molecule has 0 spiro atoms. The first-order valence-electron chi connectivity index (χ1n) is 6.46. The fraction of sp³-hybridized carbons (Fsp3) is 0.462. The largest absolute Gasteiger partial charge is 0.419 e. The summed E-state index contributed by atoms with van der Waals surface area (Å²) in [6.45, 7) is 0. The topological polar surface area (TPSA) is 63.2 Å². The predicted molar refractivity (Wildman–Crippen MR) is 71.4 cm³/mol. The zero-order chi connectivity index (χ0) is 16.5. The molecule has 4 nitrogen and oxygen atoms in total. The molecule has 1 aromatic rings. The van der Waals surface area contributed by atoms with Crippen LogP contribution in [0, 0.1) is 11.7 Å². The van der Waals surface area contributed by atoms with Crippen molar-refractivity contribution in [3.05, 3.63) is 29.6 Å². The molecule has 0 unspecified atom stereocenters. The predicted octanol–water partition coefficient (Wildman–Crippen LogP) is 2.61. The zero-order valence-electron chi connectivity index (χ0n) is 11.3. The molecule has 1 aromatic carbocycles. The maximum atomic E-state index is 13.4. The van der Waals surface area contributed by atoms with Crippen molar-refractivity contribution in [1.82, 2.24) is 0 Å². The van der Waals surface area contributed by atoms with Gasteiger partial charge >= 0.3 is 6.18 Å². The van der Waals surface area contributed by atoms with Crippen molar-refractivity contribution in [2.75, 3.05) is 16.8 Å². The van der Waals surface area contributed by atoms with Gasteiger partial charge in [-0.25, -0.2) is 12.8 Å². The third-order valence-electron chi connectivity index (χ3n) is 3.47. The number of halogens is 4. The van der Waals surface area contributed by atoms with Crippen molar-refractivity contribution < 1.29 is 30.8 Å². The Bertz CT molecular complexity index is 671. The van der Waals surface area contributed by atoms with Gasteiger partial charge in [0.15, 0.2) is 0 Å². The number of sulfone groups is 1. The van der Waals surface area contributed by atoms with Crippen LogP contribution in [-0.2, 0) is 20.8 Å². The van der Waals surface area contributed by atoms with E-state index >= 15 is 0 Å². The Morgan fingerprint density at radius 2 is 1.77 bits per heavy atom. The molecule has 22 heavy (non-hydrogen) atoms. The number of carbonyl (C=O) groups excluding carboxylic acids is 1. The Labute approximate surface area is 124 Å². The van der Waals surface area contributed by atoms with Gasteiger partial charge in [-0.1, -0.05) is 0 Å². The Kier molecular flexibility index (Phi) is 4.46. The highest BCUT2D eigenvalue weighted by molar-refractivity contribution is 7.91. The van der Waals surface area contributed by atoms with E-state index in [0.717, 1.165) is 6.07 Å². The lowest BCUT2D eigenvalue weighted by Gasteiger charge is -2.21. The summed E-state index contributed by atoms with van der Waals surface area (Å²) in [5.74, 6) is -2.75. The quantitative estimate of drug-likeness (QED) is 0.843. The van der Waals surface area contributed by atoms with Crippen LogP contribution in [0.1, 0.15) is 18.4 Å². The van der Waals surface area contributed by atoms with Gasteiger partial charge in [0.1, 0.15) is 15.7 Å². The van der Waals surface area contributed by atoms with Gasteiger partial charge in [0.05, 0.1) is 17.1 Å². The summed E-state index contributed by atoms with van der Waals surface area (Å²) in [4.78, 5) is 11.9. The molecule has 0 atom stereocenters. The van der Waals surface area contributed by atoms with E-state index in [2.05, 4.69) is 5.32 Å². The normalized spacial score (nSPS) is 18.9. The molecule has 0 radical (unpaired) electrons. The van der Waals surface area contributed by atoms with Crippen LogP contribution in [0.3, 0.4) is 0 Å². The van der Waals surface area contributed by atoms with E-state index in [-0.39, 0.29) is 30.0 Å². The van der Waals surface area contributed by atoms with Crippen molar-refractivity contribution in [2.24, 2.45) is 5.92 Å². The molecule has 0 aliphatic carbocycles. The van der Waals surface area contributed by atoms with Crippen molar-refractivity contribution in [1.29, 1.82) is 0 Å². The van der Waals surface area contributed by atoms with Crippen LogP contribution in [0.2, 0.25) is 0 Å². The second kappa shape index (κ2) is 5.86. The van der Waals surface area contributed by atoms with Crippen LogP contribution in [-0.4, -0.2) is 25.8 Å². The number of alkyl halides is 3. The molecule has 1 amide bonds. The minimum atomic E-state index is -4.80. The SMILES string of the molecule is O=C(Nc1ccc(C(F)(F)F)c(F)c1)C1CCS(=O)(=O)CC1. The zero-order valence-corrected chi connectivity index (χ0v) is 12.1. The standard InChI is InChI=1S/C13H13F4NO3S/c14-11-7-9(1-2-10(11)13(15,16)17)18-12(19)8-3-5-22(20,21)6-4-8/h1-2,7-8H,3-6H2,(H,18,19). The average Bonchev–Trinajstić information content (AvgIpc) is 2.36. The van der Waals surface area contributed by atoms with Gasteiger partial charge in [0.2, 0.25) is 5.91 Å². The molecule has 1 aliphatic heterocycles. The molecule has 1 N–H and O–H groups in total. The molecule has 122 valence electrons. The molecular formula is C13H13F4NO3S. The molecule has 0 aromatic heterocycles. The monoisotopic (exact) mass is 339 g/mol. The van der Waals surface area contributed by atoms with Crippen molar-refractivity contribution >= 4 is 21.4 Å². The van der Waals surface area contributed by atoms with E-state index in [0.29, 0.717) is 12.1 Å². The highest BCUT2D eigenvalue weighted by Crippen LogP contribution is 2.32. The third-order valence-corrected chi connectivity index (χ3v) is 5.18. The smallest absolute Gasteiger partial charge is 0.326 e. The number of hydrogen-bond donors (Lipinski definition) is 1. The summed E-state index contributed by atoms with van der Waals surface area (Å²) in [5.41, 5.74) is -1.50. The van der Waals surface area contributed by atoms with Gasteiger partial charge < -0.3 is 5.32 Å². The second-order valence-electron chi connectivity index (χ2n) is 5.11. The molecule has 1 fully saturated rings. The molecule has 0 saturated carbocycles. The van der Waals surface area contributed by atoms with Crippen LogP contribution < -0.4 is 5.32 Å². The van der Waals surface area contributed by atoms with E-state index in [1.54, 1.807) is 0 Å². The van der Waals surface area contributed by atoms with Crippen LogP contribution in [0.4, 0.5) is 23.2 Å². The van der Waals surface area contributed by atoms with Crippen molar-refractivity contribution in [3.8, 4) is 0 Å². The first-order chi connectivity index (χ1) is 10.1. The van der Waals surface area contributed by atoms with Crippen molar-refractivity contribution in [2.45, 2.75) is 19.0 Å². The van der Waals surface area contributed by atoms with Gasteiger partial charge in [0, 0.05) is 11.6 Å². The number of nitrogens with one attached hydrogen (secondary N) is 1. The minimum Gasteiger partial charge on any atom is -0.326 e. The molecule has 9 heteroatoms. The lowest BCUT2D eigenvalue weighted by atomic mass is 10.0. The number of hydrogen-bond acceptors (Lipinski definition) is 3. The summed E-state index contributed by atoms with van der Waals surface area (Å²) in [5, 5.41) is 2.32. The second-order valence-corrected chi connectivity index (χ2v) is 7.41. The number of rotatable bonds is 2. The summed E-state index contributed by atoms with van der Waals surface area (Å²) >= 11 is 0. The van der Waals surface area contributed by atoms with Crippen LogP contribution in [0.15, 0.2) is 18.2 Å². The highest BCUT2D eigenvalue weighted by Gasteiger charge is 2.34. The lowest BCUT2D eigenvalue weighted by molar-refractivity contribution is -0.140. The van der Waals surface area contributed by atoms with Crippen LogP contribution in [0.5, 0.6) is 0 Å². The van der Waals surface area contributed by atoms with E-state index in [1.807, 2.05) is 0 Å². The van der Waals surface area contributed by atoms with E-state index in [1.165, 1.54) is 0 Å². The molecule has 2 rings (SSSR count). The van der Waals surface area contributed by atoms with E-state index in [9.17, 15) is 30.8 Å². The average molecular weight is 339 g/mol. The number of amides is 1. The van der Waals surface area contributed by atoms with Gasteiger partial charge in [-0.15, -0.1) is 0 Å². The van der Waals surface area contributed by atoms with E-state index < -0.39 is 39.2 Å². The van der Waals surface area contributed by atoms with Gasteiger partial charge in [0.25, 0.3) is 0 Å². The summed E-state index contributed by atoms with van der Waals surface area (Å²) in [6, 6.07) is 2.11. The molecule has 1 saturated heterocycles. The maximum absolute atomic E-state index is 13.4. The Balaban J connectivity index is 2.05. The minimum absolute atomic E-state index is 0.0936. The molecule has 1 heterocycles. The molecule has 1 aliphatic rings. The molecule has 0 bridgehead atoms. The Morgan fingerprint density at radius 3 is 2.27 bits per heavy atom. The summed E-state index contributed by atoms with van der Waals surface area (Å²) in [6.07, 6.45) is -4.50. The Hall–Kier alpha value is -1.64. The first kappa shape index (κ1) is 16.7. The van der Waals surface area contributed by atoms with Gasteiger partial charge in [-0.05, 0) is 31.0 Å². The fourth-order valence-corrected chi connectivity index (χ4v) is 3.71. The first-order valence-corrected chi connectivity index (χ1v) is 8.29. The summed E-state index contributed by atoms with van der Waals surface area (Å²) in [7, 11) is -3.12. The summed E-state index contributed by atoms with van der Waals surface area (Å²) < 4.78 is 73.2. The number of benzene rings is 1. The van der Waals surface area contributed by atoms with Crippen LogP contribution in [0.25, 0.3) is 0 Å². The lowest BCUT2D eigenvalue weighted by Crippen LogP contribution is -2.31.